The van der Waals surface area contributed by atoms with Crippen molar-refractivity contribution in [1.29, 1.82) is 0 Å². The first-order chi connectivity index (χ1) is 10.3. The molecule has 0 aromatic heterocycles. The Hall–Kier alpha value is -1.14. The number of unbranched alkanes of at least 4 members (excludes halogenated alkanes) is 4. The normalized spacial score (nSPS) is 10.5. The summed E-state index contributed by atoms with van der Waals surface area (Å²) in [6.45, 7) is 8.42. The van der Waals surface area contributed by atoms with Crippen molar-refractivity contribution in [3.63, 3.8) is 0 Å². The summed E-state index contributed by atoms with van der Waals surface area (Å²) in [4.78, 5) is 25.5. The van der Waals surface area contributed by atoms with Gasteiger partial charge in [0.15, 0.2) is 0 Å². The Morgan fingerprint density at radius 2 is 1.45 bits per heavy atom. The average molecular weight is 318 g/mol. The van der Waals surface area contributed by atoms with Gasteiger partial charge in [-0.2, -0.15) is 5.90 Å². The van der Waals surface area contributed by atoms with Crippen LogP contribution in [0.4, 0.5) is 0 Å². The summed E-state index contributed by atoms with van der Waals surface area (Å²) < 4.78 is 5.15. The van der Waals surface area contributed by atoms with Crippen molar-refractivity contribution in [1.82, 2.24) is 0 Å². The minimum atomic E-state index is -0.356. The van der Waals surface area contributed by atoms with Crippen molar-refractivity contribution in [3.8, 4) is 0 Å². The molecule has 132 valence electrons. The number of hydrogen-bond acceptors (Lipinski definition) is 6. The first-order valence-electron chi connectivity index (χ1n) is 8.08. The zero-order chi connectivity index (χ0) is 17.4. The van der Waals surface area contributed by atoms with Gasteiger partial charge in [0.05, 0.1) is 0 Å². The lowest BCUT2D eigenvalue weighted by Gasteiger charge is -2.19. The van der Waals surface area contributed by atoms with Gasteiger partial charge in [-0.05, 0) is 46.6 Å². The summed E-state index contributed by atoms with van der Waals surface area (Å²) in [6.07, 6.45) is 6.89. The lowest BCUT2D eigenvalue weighted by atomic mass is 10.1. The van der Waals surface area contributed by atoms with E-state index >= 15 is 0 Å². The van der Waals surface area contributed by atoms with Crippen LogP contribution in [0.3, 0.4) is 0 Å². The van der Waals surface area contributed by atoms with Crippen LogP contribution in [0, 0.1) is 0 Å². The van der Waals surface area contributed by atoms with E-state index in [1.165, 1.54) is 0 Å². The highest BCUT2D eigenvalue weighted by Crippen LogP contribution is 2.10. The Kier molecular flexibility index (Phi) is 15.5. The lowest BCUT2D eigenvalue weighted by Crippen LogP contribution is -2.23. The first-order valence-corrected chi connectivity index (χ1v) is 8.08. The fourth-order valence-corrected chi connectivity index (χ4v) is 1.56. The minimum absolute atomic E-state index is 0.107. The Morgan fingerprint density at radius 1 is 0.909 bits per heavy atom. The molecule has 22 heavy (non-hydrogen) atoms. The van der Waals surface area contributed by atoms with Crippen molar-refractivity contribution in [2.45, 2.75) is 84.7 Å². The molecule has 0 atom stereocenters. The summed E-state index contributed by atoms with van der Waals surface area (Å²) >= 11 is 0. The third-order valence-electron chi connectivity index (χ3n) is 2.62. The molecule has 0 aliphatic carbocycles. The van der Waals surface area contributed by atoms with Crippen molar-refractivity contribution in [2.24, 2.45) is 11.6 Å². The van der Waals surface area contributed by atoms with E-state index in [9.17, 15) is 9.59 Å². The molecule has 0 rings (SSSR count). The molecule has 0 amide bonds. The summed E-state index contributed by atoms with van der Waals surface area (Å²) in [7, 11) is 0. The van der Waals surface area contributed by atoms with Gasteiger partial charge in [-0.1, -0.05) is 26.2 Å². The fraction of sp³-hybridized carbons (Fsp3) is 0.875. The molecule has 6 nitrogen and oxygen atoms in total. The van der Waals surface area contributed by atoms with Crippen LogP contribution in [0.25, 0.3) is 0 Å². The van der Waals surface area contributed by atoms with Gasteiger partial charge in [-0.3, -0.25) is 9.59 Å². The molecule has 6 heteroatoms. The monoisotopic (exact) mass is 318 g/mol. The second-order valence-corrected chi connectivity index (χ2v) is 6.13. The van der Waals surface area contributed by atoms with E-state index in [0.717, 1.165) is 38.5 Å². The summed E-state index contributed by atoms with van der Waals surface area (Å²) in [5.41, 5.74) is 4.97. The van der Waals surface area contributed by atoms with Crippen LogP contribution in [0.15, 0.2) is 0 Å². The number of nitrogens with two attached hydrogens (primary N) is 2. The van der Waals surface area contributed by atoms with Gasteiger partial charge in [-0.25, -0.2) is 0 Å². The van der Waals surface area contributed by atoms with Crippen LogP contribution in [0.1, 0.15) is 79.1 Å². The number of hydrogen-bond donors (Lipinski definition) is 2. The number of carbonyl (C=O) groups excluding carboxylic acids is 2. The molecule has 0 heterocycles. The quantitative estimate of drug-likeness (QED) is 0.385. The predicted molar refractivity (Wildman–Crippen MR) is 87.8 cm³/mol. The Bertz CT molecular complexity index is 288. The standard InChI is InChI=1S/C10H21NO2.C6H13NO2/c1-10(2,3)13-9(12)7-5-4-6-8-11;1-2-3-4-5-6(8)9-7/h4-8,11H2,1-3H3;2-5,7H2,1H3. The van der Waals surface area contributed by atoms with E-state index in [1.807, 2.05) is 20.8 Å². The van der Waals surface area contributed by atoms with Crippen LogP contribution in [-0.2, 0) is 19.2 Å². The van der Waals surface area contributed by atoms with Gasteiger partial charge in [-0.15, -0.1) is 0 Å². The van der Waals surface area contributed by atoms with E-state index in [1.54, 1.807) is 0 Å². The van der Waals surface area contributed by atoms with Gasteiger partial charge in [0.1, 0.15) is 5.60 Å². The largest absolute Gasteiger partial charge is 0.460 e. The SMILES string of the molecule is CC(C)(C)OC(=O)CCCCCN.CCCCCC(=O)ON. The predicted octanol–water partition coefficient (Wildman–Crippen LogP) is 2.83. The molecule has 0 saturated heterocycles. The molecule has 0 unspecified atom stereocenters. The van der Waals surface area contributed by atoms with E-state index in [-0.39, 0.29) is 17.5 Å². The highest BCUT2D eigenvalue weighted by molar-refractivity contribution is 5.69. The number of esters is 1. The van der Waals surface area contributed by atoms with Gasteiger partial charge in [0, 0.05) is 12.8 Å². The fourth-order valence-electron chi connectivity index (χ4n) is 1.56. The summed E-state index contributed by atoms with van der Waals surface area (Å²) in [5, 5.41) is 0. The number of ether oxygens (including phenoxy) is 1. The second-order valence-electron chi connectivity index (χ2n) is 6.13. The van der Waals surface area contributed by atoms with Crippen LogP contribution >= 0.6 is 0 Å². The van der Waals surface area contributed by atoms with Crippen molar-refractivity contribution in [2.75, 3.05) is 6.54 Å². The topological polar surface area (TPSA) is 105 Å². The van der Waals surface area contributed by atoms with E-state index < -0.39 is 0 Å². The van der Waals surface area contributed by atoms with Crippen molar-refractivity contribution < 1.29 is 19.2 Å². The van der Waals surface area contributed by atoms with Crippen LogP contribution in [-0.4, -0.2) is 24.1 Å². The third-order valence-corrected chi connectivity index (χ3v) is 2.62. The molecule has 0 saturated carbocycles. The van der Waals surface area contributed by atoms with Gasteiger partial charge in [0.2, 0.25) is 0 Å². The molecule has 0 aromatic rings. The summed E-state index contributed by atoms with van der Waals surface area (Å²) in [5.74, 6) is 4.18. The van der Waals surface area contributed by atoms with E-state index in [4.69, 9.17) is 10.5 Å². The molecular formula is C16H34N2O4. The summed E-state index contributed by atoms with van der Waals surface area (Å²) in [6, 6.07) is 0. The molecular weight excluding hydrogens is 284 g/mol. The molecule has 0 radical (unpaired) electrons. The van der Waals surface area contributed by atoms with Crippen LogP contribution in [0.5, 0.6) is 0 Å². The van der Waals surface area contributed by atoms with E-state index in [0.29, 0.717) is 19.4 Å². The number of carbonyl (C=O) groups is 2. The maximum Gasteiger partial charge on any atom is 0.324 e. The zero-order valence-corrected chi connectivity index (χ0v) is 14.7. The van der Waals surface area contributed by atoms with Gasteiger partial charge >= 0.3 is 11.9 Å². The Morgan fingerprint density at radius 3 is 1.91 bits per heavy atom. The van der Waals surface area contributed by atoms with Gasteiger partial charge in [0.25, 0.3) is 0 Å². The lowest BCUT2D eigenvalue weighted by molar-refractivity contribution is -0.155. The highest BCUT2D eigenvalue weighted by atomic mass is 16.7. The molecule has 0 bridgehead atoms. The molecule has 0 aliphatic rings. The van der Waals surface area contributed by atoms with E-state index in [2.05, 4.69) is 17.7 Å². The second kappa shape index (κ2) is 14.8. The van der Waals surface area contributed by atoms with Crippen molar-refractivity contribution >= 4 is 11.9 Å². The zero-order valence-electron chi connectivity index (χ0n) is 14.7. The van der Waals surface area contributed by atoms with Crippen LogP contribution < -0.4 is 11.6 Å². The Labute approximate surface area is 134 Å². The van der Waals surface area contributed by atoms with Crippen LogP contribution in [0.2, 0.25) is 0 Å². The smallest absolute Gasteiger partial charge is 0.324 e. The molecule has 0 spiro atoms. The minimum Gasteiger partial charge on any atom is -0.460 e. The first kappa shape index (κ1) is 23.1. The molecule has 0 aromatic carbocycles. The van der Waals surface area contributed by atoms with Gasteiger partial charge < -0.3 is 15.3 Å². The number of rotatable bonds is 9. The maximum atomic E-state index is 11.2. The highest BCUT2D eigenvalue weighted by Gasteiger charge is 2.15. The maximum absolute atomic E-state index is 11.2. The molecule has 0 aliphatic heterocycles. The average Bonchev–Trinajstić information content (AvgIpc) is 2.42. The molecule has 0 fully saturated rings. The Balaban J connectivity index is 0. The third kappa shape index (κ3) is 21.2. The molecule has 4 N–H and O–H groups in total. The van der Waals surface area contributed by atoms with Crippen molar-refractivity contribution in [3.05, 3.63) is 0 Å².